The van der Waals surface area contributed by atoms with Crippen molar-refractivity contribution in [1.29, 1.82) is 0 Å². The number of imidazole rings is 1. The molecule has 2 heterocycles. The third kappa shape index (κ3) is 2.24. The lowest BCUT2D eigenvalue weighted by Crippen LogP contribution is -2.10. The van der Waals surface area contributed by atoms with Gasteiger partial charge in [-0.2, -0.15) is 4.98 Å². The second kappa shape index (κ2) is 4.95. The van der Waals surface area contributed by atoms with E-state index in [2.05, 4.69) is 15.4 Å². The molecule has 0 aliphatic rings. The number of anilines is 1. The van der Waals surface area contributed by atoms with Crippen molar-refractivity contribution in [2.75, 3.05) is 5.43 Å². The van der Waals surface area contributed by atoms with Crippen molar-refractivity contribution in [1.82, 2.24) is 14.4 Å². The Morgan fingerprint density at radius 2 is 2.25 bits per heavy atom. The van der Waals surface area contributed by atoms with Crippen LogP contribution in [0, 0.1) is 5.82 Å². The fourth-order valence-electron chi connectivity index (χ4n) is 1.70. The number of benzene rings is 1. The Kier molecular flexibility index (Phi) is 3.13. The van der Waals surface area contributed by atoms with Crippen LogP contribution in [-0.2, 0) is 0 Å². The van der Waals surface area contributed by atoms with Crippen molar-refractivity contribution in [2.45, 2.75) is 0 Å². The number of hydrogen-bond donors (Lipinski definition) is 2. The van der Waals surface area contributed by atoms with Crippen LogP contribution in [0.4, 0.5) is 10.2 Å². The van der Waals surface area contributed by atoms with Gasteiger partial charge in [0.05, 0.1) is 11.2 Å². The Morgan fingerprint density at radius 1 is 1.40 bits per heavy atom. The highest BCUT2D eigenvalue weighted by Crippen LogP contribution is 2.31. The second-order valence-corrected chi connectivity index (χ2v) is 4.32. The quantitative estimate of drug-likeness (QED) is 0.573. The van der Waals surface area contributed by atoms with Gasteiger partial charge >= 0.3 is 0 Å². The van der Waals surface area contributed by atoms with Crippen LogP contribution in [0.25, 0.3) is 5.65 Å². The van der Waals surface area contributed by atoms with E-state index in [1.165, 1.54) is 12.1 Å². The summed E-state index contributed by atoms with van der Waals surface area (Å²) >= 11 is 5.92. The third-order valence-electron chi connectivity index (χ3n) is 2.59. The number of hydrogen-bond acceptors (Lipinski definition) is 5. The first-order chi connectivity index (χ1) is 9.67. The highest BCUT2D eigenvalue weighted by molar-refractivity contribution is 6.32. The number of hydrazine groups is 1. The number of ether oxygens (including phenoxy) is 1. The molecule has 0 unspecified atom stereocenters. The van der Waals surface area contributed by atoms with Crippen molar-refractivity contribution in [2.24, 2.45) is 5.84 Å². The standard InChI is InChI=1S/C12H9ClFN5O/c13-8-5-7(14)1-2-9(8)20-12-11-16-3-4-19(11)6-10(17-12)18-15/h1-6,18H,15H2. The zero-order valence-electron chi connectivity index (χ0n) is 10.0. The molecule has 0 spiro atoms. The molecule has 3 N–H and O–H groups in total. The first-order valence-electron chi connectivity index (χ1n) is 5.60. The van der Waals surface area contributed by atoms with E-state index in [0.29, 0.717) is 11.5 Å². The lowest BCUT2D eigenvalue weighted by Gasteiger charge is -2.09. The van der Waals surface area contributed by atoms with Crippen LogP contribution in [0.1, 0.15) is 0 Å². The van der Waals surface area contributed by atoms with E-state index in [4.69, 9.17) is 22.2 Å². The highest BCUT2D eigenvalue weighted by atomic mass is 35.5. The molecule has 0 bridgehead atoms. The molecule has 3 rings (SSSR count). The highest BCUT2D eigenvalue weighted by Gasteiger charge is 2.12. The number of rotatable bonds is 3. The molecule has 0 aliphatic carbocycles. The number of nitrogens with one attached hydrogen (secondary N) is 1. The van der Waals surface area contributed by atoms with E-state index >= 15 is 0 Å². The number of halogens is 2. The molecule has 0 atom stereocenters. The maximum atomic E-state index is 13.0. The molecule has 0 saturated carbocycles. The van der Waals surface area contributed by atoms with Crippen LogP contribution in [0.15, 0.2) is 36.8 Å². The van der Waals surface area contributed by atoms with Gasteiger partial charge in [0, 0.05) is 12.4 Å². The van der Waals surface area contributed by atoms with Crippen molar-refractivity contribution < 1.29 is 9.13 Å². The molecular formula is C12H9ClFN5O. The monoisotopic (exact) mass is 293 g/mol. The van der Waals surface area contributed by atoms with Gasteiger partial charge in [-0.25, -0.2) is 15.2 Å². The average molecular weight is 294 g/mol. The van der Waals surface area contributed by atoms with Crippen LogP contribution >= 0.6 is 11.6 Å². The van der Waals surface area contributed by atoms with E-state index in [9.17, 15) is 4.39 Å². The summed E-state index contributed by atoms with van der Waals surface area (Å²) in [5.41, 5.74) is 2.92. The van der Waals surface area contributed by atoms with Crippen LogP contribution < -0.4 is 16.0 Å². The average Bonchev–Trinajstić information content (AvgIpc) is 2.90. The Bertz CT molecular complexity index is 776. The number of nitrogens with zero attached hydrogens (tertiary/aromatic N) is 3. The second-order valence-electron chi connectivity index (χ2n) is 3.91. The molecule has 2 aromatic heterocycles. The summed E-state index contributed by atoms with van der Waals surface area (Å²) in [5.74, 6) is 5.78. The SMILES string of the molecule is NNc1cn2ccnc2c(Oc2ccc(F)cc2Cl)n1. The molecule has 0 amide bonds. The van der Waals surface area contributed by atoms with E-state index in [-0.39, 0.29) is 16.7 Å². The van der Waals surface area contributed by atoms with Crippen LogP contribution in [0.5, 0.6) is 11.6 Å². The molecule has 1 aromatic carbocycles. The van der Waals surface area contributed by atoms with Gasteiger partial charge in [0.15, 0.2) is 5.82 Å². The smallest absolute Gasteiger partial charge is 0.265 e. The molecule has 102 valence electrons. The molecule has 8 heteroatoms. The lowest BCUT2D eigenvalue weighted by atomic mass is 10.3. The number of fused-ring (bicyclic) bond motifs is 1. The van der Waals surface area contributed by atoms with Gasteiger partial charge in [0.2, 0.25) is 5.65 Å². The summed E-state index contributed by atoms with van der Waals surface area (Å²) in [4.78, 5) is 8.28. The fraction of sp³-hybridized carbons (Fsp3) is 0. The largest absolute Gasteiger partial charge is 0.434 e. The number of nitrogens with two attached hydrogens (primary N) is 1. The molecule has 0 radical (unpaired) electrons. The Balaban J connectivity index is 2.07. The molecular weight excluding hydrogens is 285 g/mol. The van der Waals surface area contributed by atoms with Crippen molar-refractivity contribution in [3.8, 4) is 11.6 Å². The van der Waals surface area contributed by atoms with Gasteiger partial charge in [-0.3, -0.25) is 4.40 Å². The Hall–Kier alpha value is -2.38. The number of nitrogen functional groups attached to an aromatic ring is 1. The van der Waals surface area contributed by atoms with Crippen molar-refractivity contribution >= 4 is 23.1 Å². The first kappa shape index (κ1) is 12.6. The predicted molar refractivity (Wildman–Crippen MR) is 72.3 cm³/mol. The summed E-state index contributed by atoms with van der Waals surface area (Å²) < 4.78 is 20.3. The van der Waals surface area contributed by atoms with Crippen LogP contribution in [-0.4, -0.2) is 14.4 Å². The normalized spacial score (nSPS) is 10.8. The first-order valence-corrected chi connectivity index (χ1v) is 5.98. The summed E-state index contributed by atoms with van der Waals surface area (Å²) in [6.45, 7) is 0. The van der Waals surface area contributed by atoms with Gasteiger partial charge in [0.1, 0.15) is 11.6 Å². The number of aromatic nitrogens is 3. The van der Waals surface area contributed by atoms with Gasteiger partial charge in [-0.05, 0) is 18.2 Å². The van der Waals surface area contributed by atoms with Crippen molar-refractivity contribution in [3.05, 3.63) is 47.6 Å². The minimum Gasteiger partial charge on any atom is -0.434 e. The van der Waals surface area contributed by atoms with Crippen LogP contribution in [0.3, 0.4) is 0 Å². The molecule has 0 saturated heterocycles. The molecule has 0 aliphatic heterocycles. The maximum absolute atomic E-state index is 13.0. The van der Waals surface area contributed by atoms with Crippen molar-refractivity contribution in [3.63, 3.8) is 0 Å². The predicted octanol–water partition coefficient (Wildman–Crippen LogP) is 2.60. The van der Waals surface area contributed by atoms with Gasteiger partial charge in [-0.1, -0.05) is 11.6 Å². The summed E-state index contributed by atoms with van der Waals surface area (Å²) in [6.07, 6.45) is 4.97. The minimum atomic E-state index is -0.446. The third-order valence-corrected chi connectivity index (χ3v) is 2.89. The summed E-state index contributed by atoms with van der Waals surface area (Å²) in [5, 5.41) is 0.141. The molecule has 3 aromatic rings. The zero-order chi connectivity index (χ0) is 14.1. The Labute approximate surface area is 117 Å². The summed E-state index contributed by atoms with van der Waals surface area (Å²) in [6, 6.07) is 3.82. The fourth-order valence-corrected chi connectivity index (χ4v) is 1.91. The molecule has 20 heavy (non-hydrogen) atoms. The summed E-state index contributed by atoms with van der Waals surface area (Å²) in [7, 11) is 0. The maximum Gasteiger partial charge on any atom is 0.265 e. The minimum absolute atomic E-state index is 0.141. The molecule has 0 fully saturated rings. The van der Waals surface area contributed by atoms with Gasteiger partial charge in [-0.15, -0.1) is 0 Å². The van der Waals surface area contributed by atoms with E-state index < -0.39 is 5.82 Å². The van der Waals surface area contributed by atoms with Crippen LogP contribution in [0.2, 0.25) is 5.02 Å². The van der Waals surface area contributed by atoms with Gasteiger partial charge < -0.3 is 10.2 Å². The lowest BCUT2D eigenvalue weighted by molar-refractivity contribution is 0.464. The van der Waals surface area contributed by atoms with E-state index in [0.717, 1.165) is 6.07 Å². The topological polar surface area (TPSA) is 77.5 Å². The zero-order valence-corrected chi connectivity index (χ0v) is 10.8. The van der Waals surface area contributed by atoms with E-state index in [1.807, 2.05) is 0 Å². The van der Waals surface area contributed by atoms with Gasteiger partial charge in [0.25, 0.3) is 5.88 Å². The molecule has 6 nitrogen and oxygen atoms in total. The Morgan fingerprint density at radius 3 is 3.00 bits per heavy atom. The van der Waals surface area contributed by atoms with E-state index in [1.54, 1.807) is 23.0 Å².